The van der Waals surface area contributed by atoms with E-state index in [4.69, 9.17) is 4.74 Å². The third-order valence-corrected chi connectivity index (χ3v) is 5.36. The molecule has 0 saturated carbocycles. The number of nitrogens with zero attached hydrogens (tertiary/aromatic N) is 1. The maximum Gasteiger partial charge on any atom is 0.348 e. The molecule has 1 atom stereocenters. The smallest absolute Gasteiger partial charge is 0.348 e. The number of esters is 1. The van der Waals surface area contributed by atoms with Crippen LogP contribution in [0.2, 0.25) is 0 Å². The van der Waals surface area contributed by atoms with Crippen molar-refractivity contribution >= 4 is 17.3 Å². The lowest BCUT2D eigenvalue weighted by Gasteiger charge is -2.30. The minimum atomic E-state index is -0.489. The number of carbonyl (C=O) groups is 1. The van der Waals surface area contributed by atoms with Crippen LogP contribution in [0.1, 0.15) is 60.2 Å². The molecule has 124 valence electrons. The van der Waals surface area contributed by atoms with Gasteiger partial charge in [0.1, 0.15) is 4.88 Å². The van der Waals surface area contributed by atoms with Gasteiger partial charge in [0.2, 0.25) is 0 Å². The van der Waals surface area contributed by atoms with Crippen LogP contribution in [0.3, 0.4) is 0 Å². The van der Waals surface area contributed by atoms with Crippen LogP contribution in [0, 0.1) is 5.92 Å². The van der Waals surface area contributed by atoms with Crippen LogP contribution in [0.5, 0.6) is 0 Å². The number of hydrogen-bond acceptors (Lipinski definition) is 5. The fourth-order valence-corrected chi connectivity index (χ4v) is 3.56. The molecule has 2 heterocycles. The van der Waals surface area contributed by atoms with Crippen LogP contribution in [-0.4, -0.2) is 42.2 Å². The topological polar surface area (TPSA) is 49.8 Å². The van der Waals surface area contributed by atoms with Crippen LogP contribution in [0.4, 0.5) is 0 Å². The quantitative estimate of drug-likeness (QED) is 0.780. The zero-order valence-electron chi connectivity index (χ0n) is 13.6. The van der Waals surface area contributed by atoms with E-state index in [1.807, 2.05) is 13.0 Å². The summed E-state index contributed by atoms with van der Waals surface area (Å²) in [5, 5.41) is 10.3. The van der Waals surface area contributed by atoms with E-state index in [1.165, 1.54) is 24.2 Å². The van der Waals surface area contributed by atoms with E-state index in [2.05, 4.69) is 11.8 Å². The number of ether oxygens (including phenoxy) is 1. The summed E-state index contributed by atoms with van der Waals surface area (Å²) in [6, 6.07) is 3.60. The first-order valence-electron chi connectivity index (χ1n) is 8.27. The Morgan fingerprint density at radius 1 is 1.45 bits per heavy atom. The number of rotatable bonds is 7. The second kappa shape index (κ2) is 8.65. The summed E-state index contributed by atoms with van der Waals surface area (Å²) in [5.74, 6) is 0.547. The molecule has 4 nitrogen and oxygen atoms in total. The Hall–Kier alpha value is -0.910. The van der Waals surface area contributed by atoms with Crippen LogP contribution in [0.15, 0.2) is 12.1 Å². The molecule has 1 fully saturated rings. The highest BCUT2D eigenvalue weighted by Gasteiger charge is 2.19. The van der Waals surface area contributed by atoms with Gasteiger partial charge < -0.3 is 14.7 Å². The van der Waals surface area contributed by atoms with Gasteiger partial charge in [-0.15, -0.1) is 11.3 Å². The van der Waals surface area contributed by atoms with Crippen molar-refractivity contribution in [1.82, 2.24) is 4.90 Å². The maximum absolute atomic E-state index is 11.8. The normalized spacial score (nSPS) is 18.3. The Balaban J connectivity index is 1.79. The van der Waals surface area contributed by atoms with Crippen molar-refractivity contribution in [2.24, 2.45) is 5.92 Å². The van der Waals surface area contributed by atoms with E-state index in [0.717, 1.165) is 43.3 Å². The Bertz CT molecular complexity index is 466. The van der Waals surface area contributed by atoms with Crippen LogP contribution in [0.25, 0.3) is 0 Å². The van der Waals surface area contributed by atoms with Gasteiger partial charge in [0, 0.05) is 11.4 Å². The molecule has 1 aliphatic rings. The zero-order chi connectivity index (χ0) is 15.9. The number of likely N-dealkylation sites (tertiary alicyclic amines) is 1. The second-order valence-electron chi connectivity index (χ2n) is 6.17. The highest BCUT2D eigenvalue weighted by molar-refractivity contribution is 7.14. The number of aliphatic hydroxyl groups excluding tert-OH is 1. The van der Waals surface area contributed by atoms with Crippen molar-refractivity contribution in [1.29, 1.82) is 0 Å². The van der Waals surface area contributed by atoms with E-state index in [9.17, 15) is 9.90 Å². The predicted molar refractivity (Wildman–Crippen MR) is 89.3 cm³/mol. The van der Waals surface area contributed by atoms with Gasteiger partial charge in [-0.05, 0) is 56.8 Å². The number of piperidine rings is 1. The third kappa shape index (κ3) is 5.07. The second-order valence-corrected chi connectivity index (χ2v) is 7.28. The standard InChI is InChI=1S/C17H27NO3S/c1-3-12-21-17(20)16-5-4-15(22-16)14(19)8-11-18-9-6-13(2)7-10-18/h4-5,13-14,19H,3,6-12H2,1-2H3. The number of aliphatic hydroxyl groups is 1. The van der Waals surface area contributed by atoms with Gasteiger partial charge in [0.05, 0.1) is 12.7 Å². The molecule has 1 aliphatic heterocycles. The molecule has 1 aromatic rings. The summed E-state index contributed by atoms with van der Waals surface area (Å²) in [4.78, 5) is 15.6. The molecule has 0 radical (unpaired) electrons. The molecule has 2 rings (SSSR count). The lowest BCUT2D eigenvalue weighted by Crippen LogP contribution is -2.34. The average Bonchev–Trinajstić information content (AvgIpc) is 3.02. The highest BCUT2D eigenvalue weighted by atomic mass is 32.1. The number of thiophene rings is 1. The first-order chi connectivity index (χ1) is 10.6. The Labute approximate surface area is 137 Å². The molecule has 1 unspecified atom stereocenters. The third-order valence-electron chi connectivity index (χ3n) is 4.19. The van der Waals surface area contributed by atoms with Crippen LogP contribution < -0.4 is 0 Å². The number of hydrogen-bond donors (Lipinski definition) is 1. The molecular formula is C17H27NO3S. The number of carbonyl (C=O) groups excluding carboxylic acids is 1. The molecule has 1 saturated heterocycles. The fourth-order valence-electron chi connectivity index (χ4n) is 2.64. The average molecular weight is 325 g/mol. The lowest BCUT2D eigenvalue weighted by atomic mass is 9.99. The Kier molecular flexibility index (Phi) is 6.86. The van der Waals surface area contributed by atoms with Gasteiger partial charge >= 0.3 is 5.97 Å². The van der Waals surface area contributed by atoms with E-state index < -0.39 is 6.10 Å². The molecule has 0 spiro atoms. The van der Waals surface area contributed by atoms with Crippen molar-refractivity contribution in [2.45, 2.75) is 45.6 Å². The van der Waals surface area contributed by atoms with E-state index >= 15 is 0 Å². The molecule has 1 N–H and O–H groups in total. The first kappa shape index (κ1) is 17.4. The van der Waals surface area contributed by atoms with Crippen molar-refractivity contribution < 1.29 is 14.6 Å². The van der Waals surface area contributed by atoms with Gasteiger partial charge in [-0.25, -0.2) is 4.79 Å². The van der Waals surface area contributed by atoms with E-state index in [1.54, 1.807) is 6.07 Å². The van der Waals surface area contributed by atoms with Crippen LogP contribution >= 0.6 is 11.3 Å². The highest BCUT2D eigenvalue weighted by Crippen LogP contribution is 2.27. The summed E-state index contributed by atoms with van der Waals surface area (Å²) < 4.78 is 5.12. The van der Waals surface area contributed by atoms with Gasteiger partial charge in [-0.3, -0.25) is 0 Å². The minimum absolute atomic E-state index is 0.282. The zero-order valence-corrected chi connectivity index (χ0v) is 14.4. The van der Waals surface area contributed by atoms with Gasteiger partial charge in [0.25, 0.3) is 0 Å². The molecule has 0 aliphatic carbocycles. The van der Waals surface area contributed by atoms with Crippen molar-refractivity contribution in [3.05, 3.63) is 21.9 Å². The lowest BCUT2D eigenvalue weighted by molar-refractivity contribution is 0.0511. The van der Waals surface area contributed by atoms with Crippen molar-refractivity contribution in [3.63, 3.8) is 0 Å². The van der Waals surface area contributed by atoms with Crippen LogP contribution in [-0.2, 0) is 4.74 Å². The van der Waals surface area contributed by atoms with E-state index in [0.29, 0.717) is 11.5 Å². The molecular weight excluding hydrogens is 298 g/mol. The molecule has 0 aromatic carbocycles. The minimum Gasteiger partial charge on any atom is -0.462 e. The predicted octanol–water partition coefficient (Wildman–Crippen LogP) is 3.47. The van der Waals surface area contributed by atoms with Crippen molar-refractivity contribution in [3.8, 4) is 0 Å². The molecule has 1 aromatic heterocycles. The summed E-state index contributed by atoms with van der Waals surface area (Å²) >= 11 is 1.34. The fraction of sp³-hybridized carbons (Fsp3) is 0.706. The molecule has 0 bridgehead atoms. The summed E-state index contributed by atoms with van der Waals surface area (Å²) in [6.07, 6.45) is 3.56. The van der Waals surface area contributed by atoms with E-state index in [-0.39, 0.29) is 5.97 Å². The summed E-state index contributed by atoms with van der Waals surface area (Å²) in [7, 11) is 0. The maximum atomic E-state index is 11.8. The molecule has 22 heavy (non-hydrogen) atoms. The monoisotopic (exact) mass is 325 g/mol. The van der Waals surface area contributed by atoms with Gasteiger partial charge in [-0.2, -0.15) is 0 Å². The summed E-state index contributed by atoms with van der Waals surface area (Å²) in [5.41, 5.74) is 0. The molecule has 5 heteroatoms. The SMILES string of the molecule is CCCOC(=O)c1ccc(C(O)CCN2CCC(C)CC2)s1. The largest absolute Gasteiger partial charge is 0.462 e. The van der Waals surface area contributed by atoms with Gasteiger partial charge in [-0.1, -0.05) is 13.8 Å². The Morgan fingerprint density at radius 3 is 2.86 bits per heavy atom. The first-order valence-corrected chi connectivity index (χ1v) is 9.09. The molecule has 0 amide bonds. The van der Waals surface area contributed by atoms with Gasteiger partial charge in [0.15, 0.2) is 0 Å². The summed E-state index contributed by atoms with van der Waals surface area (Å²) in [6.45, 7) is 7.90. The Morgan fingerprint density at radius 2 is 2.18 bits per heavy atom. The van der Waals surface area contributed by atoms with Crippen molar-refractivity contribution in [2.75, 3.05) is 26.2 Å².